The van der Waals surface area contributed by atoms with E-state index >= 15 is 0 Å². The van der Waals surface area contributed by atoms with E-state index in [0.717, 1.165) is 32.4 Å². The van der Waals surface area contributed by atoms with Gasteiger partial charge in [0.15, 0.2) is 0 Å². The van der Waals surface area contributed by atoms with Gasteiger partial charge >= 0.3 is 0 Å². The maximum atomic E-state index is 12.9. The molecule has 24 heavy (non-hydrogen) atoms. The highest BCUT2D eigenvalue weighted by Crippen LogP contribution is 2.53. The number of carbonyl (C=O) groups is 1. The van der Waals surface area contributed by atoms with Gasteiger partial charge in [0.25, 0.3) is 0 Å². The molecule has 4 rings (SSSR count). The lowest BCUT2D eigenvalue weighted by Crippen LogP contribution is -2.54. The van der Waals surface area contributed by atoms with Gasteiger partial charge in [0.05, 0.1) is 0 Å². The number of likely N-dealkylation sites (tertiary alicyclic amines) is 1. The van der Waals surface area contributed by atoms with Crippen molar-refractivity contribution < 1.29 is 10.0 Å². The van der Waals surface area contributed by atoms with Crippen molar-refractivity contribution in [2.75, 3.05) is 19.6 Å². The Labute approximate surface area is 144 Å². The summed E-state index contributed by atoms with van der Waals surface area (Å²) < 4.78 is 0. The zero-order valence-electron chi connectivity index (χ0n) is 14.5. The van der Waals surface area contributed by atoms with E-state index in [1.807, 2.05) is 4.90 Å². The molecular weight excluding hydrogens is 300 g/mol. The van der Waals surface area contributed by atoms with E-state index in [1.54, 1.807) is 0 Å². The fraction of sp³-hybridized carbons (Fsp3) is 0.650. The predicted molar refractivity (Wildman–Crippen MR) is 92.7 cm³/mol. The van der Waals surface area contributed by atoms with Crippen LogP contribution in [0.25, 0.3) is 0 Å². The largest absolute Gasteiger partial charge is 0.341 e. The molecule has 1 N–H and O–H groups in total. The Morgan fingerprint density at radius 3 is 2.54 bits per heavy atom. The van der Waals surface area contributed by atoms with Crippen molar-refractivity contribution in [1.82, 2.24) is 9.96 Å². The van der Waals surface area contributed by atoms with Crippen molar-refractivity contribution >= 4 is 5.91 Å². The van der Waals surface area contributed by atoms with E-state index in [4.69, 9.17) is 0 Å². The summed E-state index contributed by atoms with van der Waals surface area (Å²) in [5.74, 6) is 1.11. The lowest BCUT2D eigenvalue weighted by molar-refractivity contribution is -0.180. The van der Waals surface area contributed by atoms with Crippen LogP contribution in [0, 0.1) is 11.3 Å². The van der Waals surface area contributed by atoms with Crippen molar-refractivity contribution in [3.8, 4) is 0 Å². The van der Waals surface area contributed by atoms with E-state index in [-0.39, 0.29) is 11.9 Å². The Kier molecular flexibility index (Phi) is 4.13. The number of hydrogen-bond donors (Lipinski definition) is 1. The second kappa shape index (κ2) is 6.16. The summed E-state index contributed by atoms with van der Waals surface area (Å²) >= 11 is 0. The van der Waals surface area contributed by atoms with Crippen molar-refractivity contribution in [3.63, 3.8) is 0 Å². The predicted octanol–water partition coefficient (Wildman–Crippen LogP) is 3.27. The van der Waals surface area contributed by atoms with Crippen LogP contribution < -0.4 is 0 Å². The minimum atomic E-state index is -0.322. The highest BCUT2D eigenvalue weighted by atomic mass is 16.5. The summed E-state index contributed by atoms with van der Waals surface area (Å²) in [4.78, 5) is 14.9. The lowest BCUT2D eigenvalue weighted by Gasteiger charge is -2.42. The Bertz CT molecular complexity index is 599. The molecular formula is C20H28N2O2. The number of benzene rings is 1. The van der Waals surface area contributed by atoms with Crippen LogP contribution in [-0.2, 0) is 4.79 Å². The number of rotatable bonds is 2. The number of piperidine rings is 2. The van der Waals surface area contributed by atoms with Crippen LogP contribution in [0.2, 0.25) is 0 Å². The second-order valence-corrected chi connectivity index (χ2v) is 8.22. The molecule has 2 unspecified atom stereocenters. The molecule has 2 saturated heterocycles. The van der Waals surface area contributed by atoms with E-state index < -0.39 is 0 Å². The van der Waals surface area contributed by atoms with Gasteiger partial charge in [0, 0.05) is 19.6 Å². The van der Waals surface area contributed by atoms with E-state index in [1.165, 1.54) is 23.5 Å². The van der Waals surface area contributed by atoms with Crippen LogP contribution in [-0.4, -0.2) is 46.8 Å². The summed E-state index contributed by atoms with van der Waals surface area (Å²) in [6.45, 7) is 4.53. The number of hydroxylamine groups is 2. The topological polar surface area (TPSA) is 43.8 Å². The Hall–Kier alpha value is -1.39. The minimum Gasteiger partial charge on any atom is -0.341 e. The van der Waals surface area contributed by atoms with E-state index in [9.17, 15) is 10.0 Å². The molecule has 3 aliphatic rings. The molecule has 0 bridgehead atoms. The van der Waals surface area contributed by atoms with Crippen molar-refractivity contribution in [3.05, 3.63) is 35.9 Å². The third-order valence-electron chi connectivity index (χ3n) is 6.49. The SMILES string of the molecule is CC1CN(C(=O)[C@@H]2CCC3(CC3)CN2O)CCC1c1ccccc1. The van der Waals surface area contributed by atoms with Crippen molar-refractivity contribution in [1.29, 1.82) is 0 Å². The van der Waals surface area contributed by atoms with Gasteiger partial charge in [-0.25, -0.2) is 0 Å². The first-order chi connectivity index (χ1) is 11.6. The third-order valence-corrected chi connectivity index (χ3v) is 6.49. The number of nitrogens with zero attached hydrogens (tertiary/aromatic N) is 2. The lowest BCUT2D eigenvalue weighted by atomic mass is 9.81. The summed E-state index contributed by atoms with van der Waals surface area (Å²) in [7, 11) is 0. The summed E-state index contributed by atoms with van der Waals surface area (Å²) in [5.41, 5.74) is 1.72. The molecule has 3 fully saturated rings. The molecule has 1 aliphatic carbocycles. The van der Waals surface area contributed by atoms with Crippen LogP contribution in [0.5, 0.6) is 0 Å². The molecule has 1 spiro atoms. The zero-order valence-corrected chi connectivity index (χ0v) is 14.5. The van der Waals surface area contributed by atoms with Gasteiger partial charge in [-0.05, 0) is 54.9 Å². The van der Waals surface area contributed by atoms with Gasteiger partial charge in [0.1, 0.15) is 6.04 Å². The third kappa shape index (κ3) is 2.98. The molecule has 130 valence electrons. The molecule has 0 radical (unpaired) electrons. The molecule has 1 saturated carbocycles. The van der Waals surface area contributed by atoms with Gasteiger partial charge in [-0.1, -0.05) is 37.3 Å². The Balaban J connectivity index is 1.38. The first-order valence-corrected chi connectivity index (χ1v) is 9.37. The maximum absolute atomic E-state index is 12.9. The van der Waals surface area contributed by atoms with Crippen LogP contribution in [0.15, 0.2) is 30.3 Å². The summed E-state index contributed by atoms with van der Waals surface area (Å²) in [6.07, 6.45) is 5.34. The maximum Gasteiger partial charge on any atom is 0.242 e. The van der Waals surface area contributed by atoms with Crippen molar-refractivity contribution in [2.45, 2.75) is 51.0 Å². The smallest absolute Gasteiger partial charge is 0.242 e. The average Bonchev–Trinajstić information content (AvgIpc) is 3.34. The first-order valence-electron chi connectivity index (χ1n) is 9.37. The van der Waals surface area contributed by atoms with Crippen LogP contribution in [0.3, 0.4) is 0 Å². The molecule has 1 amide bonds. The van der Waals surface area contributed by atoms with E-state index in [0.29, 0.717) is 23.8 Å². The highest BCUT2D eigenvalue weighted by molar-refractivity contribution is 5.82. The fourth-order valence-electron chi connectivity index (χ4n) is 4.71. The number of amides is 1. The van der Waals surface area contributed by atoms with Gasteiger partial charge in [0.2, 0.25) is 5.91 Å². The number of carbonyl (C=O) groups excluding carboxylic acids is 1. The first kappa shape index (κ1) is 16.1. The molecule has 4 nitrogen and oxygen atoms in total. The molecule has 0 aromatic heterocycles. The fourth-order valence-corrected chi connectivity index (χ4v) is 4.71. The van der Waals surface area contributed by atoms with Gasteiger partial charge < -0.3 is 10.1 Å². The van der Waals surface area contributed by atoms with Crippen molar-refractivity contribution in [2.24, 2.45) is 11.3 Å². The van der Waals surface area contributed by atoms with Crippen LogP contribution in [0.1, 0.15) is 50.5 Å². The molecule has 1 aromatic carbocycles. The average molecular weight is 328 g/mol. The number of hydrogen-bond acceptors (Lipinski definition) is 3. The molecule has 3 atom stereocenters. The Morgan fingerprint density at radius 1 is 1.17 bits per heavy atom. The quantitative estimate of drug-likeness (QED) is 0.906. The normalized spacial score (nSPS) is 32.8. The highest BCUT2D eigenvalue weighted by Gasteiger charge is 2.50. The second-order valence-electron chi connectivity index (χ2n) is 8.22. The molecule has 4 heteroatoms. The van der Waals surface area contributed by atoms with Gasteiger partial charge in [-0.15, -0.1) is 0 Å². The molecule has 1 aromatic rings. The Morgan fingerprint density at radius 2 is 1.92 bits per heavy atom. The van der Waals surface area contributed by atoms with Gasteiger partial charge in [-0.2, -0.15) is 5.06 Å². The van der Waals surface area contributed by atoms with Gasteiger partial charge in [-0.3, -0.25) is 4.79 Å². The standard InChI is InChI=1S/C20H28N2O2/c1-15-13-21(12-8-17(15)16-5-3-2-4-6-16)19(23)18-7-9-20(10-11-20)14-22(18)24/h2-6,15,17-18,24H,7-14H2,1H3/t15?,17?,18-/m0/s1. The summed E-state index contributed by atoms with van der Waals surface area (Å²) in [5, 5.41) is 11.7. The zero-order chi connectivity index (χ0) is 16.7. The molecule has 2 heterocycles. The summed E-state index contributed by atoms with van der Waals surface area (Å²) in [6, 6.07) is 10.3. The van der Waals surface area contributed by atoms with E-state index in [2.05, 4.69) is 37.3 Å². The minimum absolute atomic E-state index is 0.131. The monoisotopic (exact) mass is 328 g/mol. The van der Waals surface area contributed by atoms with Crippen LogP contribution in [0.4, 0.5) is 0 Å². The molecule has 2 aliphatic heterocycles. The van der Waals surface area contributed by atoms with Crippen LogP contribution >= 0.6 is 0 Å².